The largest absolute Gasteiger partial charge is 0.595 e. The first-order chi connectivity index (χ1) is 15.5. The number of rotatable bonds is 5. The van der Waals surface area contributed by atoms with Gasteiger partial charge in [0.25, 0.3) is 0 Å². The number of benzene rings is 1. The van der Waals surface area contributed by atoms with Crippen LogP contribution < -0.4 is 15.5 Å². The Morgan fingerprint density at radius 3 is 2.84 bits per heavy atom. The Bertz CT molecular complexity index is 1230. The number of hydrogen-bond donors (Lipinski definition) is 2. The second-order valence-corrected chi connectivity index (χ2v) is 8.64. The van der Waals surface area contributed by atoms with Gasteiger partial charge in [0.2, 0.25) is 11.6 Å². The molecule has 9 heteroatoms. The minimum absolute atomic E-state index is 0.0543. The lowest BCUT2D eigenvalue weighted by atomic mass is 9.83. The number of quaternary nitrogens is 1. The molecule has 3 atom stereocenters. The van der Waals surface area contributed by atoms with E-state index in [1.165, 1.54) is 6.07 Å². The number of fused-ring (bicyclic) bond motifs is 5. The van der Waals surface area contributed by atoms with E-state index in [9.17, 15) is 20.0 Å². The number of likely N-dealkylation sites (tertiary alicyclic amines) is 1. The number of amides is 1. The average Bonchev–Trinajstić information content (AvgIpc) is 3.21. The van der Waals surface area contributed by atoms with Crippen LogP contribution in [0.2, 0.25) is 0 Å². The molecule has 2 aliphatic rings. The molecule has 4 heterocycles. The molecule has 168 valence electrons. The Morgan fingerprint density at radius 2 is 2.06 bits per heavy atom. The van der Waals surface area contributed by atoms with Gasteiger partial charge in [-0.15, -0.1) is 0 Å². The smallest absolute Gasteiger partial charge is 0.315 e. The molecule has 1 saturated heterocycles. The molecule has 2 aromatic heterocycles. The highest BCUT2D eigenvalue weighted by Crippen LogP contribution is 2.35. The van der Waals surface area contributed by atoms with Crippen molar-refractivity contribution in [3.63, 3.8) is 0 Å². The summed E-state index contributed by atoms with van der Waals surface area (Å²) in [5.41, 5.74) is 1.23. The molecule has 2 aliphatic heterocycles. The van der Waals surface area contributed by atoms with Crippen LogP contribution in [0.25, 0.3) is 10.9 Å². The zero-order valence-electron chi connectivity index (χ0n) is 17.9. The first kappa shape index (κ1) is 20.7. The predicted octanol–water partition coefficient (Wildman–Crippen LogP) is 1.25. The quantitative estimate of drug-likeness (QED) is 0.584. The molecular formula is C23H26N4O5. The Labute approximate surface area is 184 Å². The van der Waals surface area contributed by atoms with Crippen LogP contribution in [0.15, 0.2) is 47.4 Å². The van der Waals surface area contributed by atoms with Gasteiger partial charge in [0.05, 0.1) is 12.6 Å². The Balaban J connectivity index is 1.30. The lowest BCUT2D eigenvalue weighted by molar-refractivity contribution is -0.992. The fourth-order valence-corrected chi connectivity index (χ4v) is 5.25. The van der Waals surface area contributed by atoms with Gasteiger partial charge in [-0.25, -0.2) is 5.21 Å². The van der Waals surface area contributed by atoms with Crippen molar-refractivity contribution in [2.24, 2.45) is 5.92 Å². The summed E-state index contributed by atoms with van der Waals surface area (Å²) in [6.07, 6.45) is 3.29. The van der Waals surface area contributed by atoms with E-state index in [-0.39, 0.29) is 23.4 Å². The highest BCUT2D eigenvalue weighted by Gasteiger charge is 2.37. The van der Waals surface area contributed by atoms with Gasteiger partial charge < -0.3 is 24.0 Å². The number of piperidine rings is 1. The van der Waals surface area contributed by atoms with Gasteiger partial charge in [-0.1, -0.05) is 6.07 Å². The third-order valence-corrected chi connectivity index (χ3v) is 6.75. The normalized spacial score (nSPS) is 20.8. The zero-order valence-corrected chi connectivity index (χ0v) is 17.9. The second-order valence-electron chi connectivity index (χ2n) is 8.64. The summed E-state index contributed by atoms with van der Waals surface area (Å²) in [6.45, 7) is 2.19. The summed E-state index contributed by atoms with van der Waals surface area (Å²) in [6, 6.07) is 11.0. The summed E-state index contributed by atoms with van der Waals surface area (Å²) in [5.74, 6) is 1.13. The number of ether oxygens (including phenoxy) is 1. The van der Waals surface area contributed by atoms with Gasteiger partial charge in [0, 0.05) is 61.9 Å². The molecule has 5 rings (SSSR count). The number of hydrogen-bond acceptors (Lipinski definition) is 5. The molecule has 1 fully saturated rings. The molecule has 0 aliphatic carbocycles. The van der Waals surface area contributed by atoms with E-state index in [2.05, 4.69) is 4.57 Å². The highest BCUT2D eigenvalue weighted by molar-refractivity contribution is 5.86. The Kier molecular flexibility index (Phi) is 5.24. The molecule has 32 heavy (non-hydrogen) atoms. The van der Waals surface area contributed by atoms with Crippen LogP contribution >= 0.6 is 0 Å². The van der Waals surface area contributed by atoms with Crippen molar-refractivity contribution in [2.75, 3.05) is 20.2 Å². The number of aryl methyl sites for hydroxylation is 1. The lowest BCUT2D eigenvalue weighted by Crippen LogP contribution is -3.00. The van der Waals surface area contributed by atoms with Gasteiger partial charge in [-0.05, 0) is 36.6 Å². The molecule has 2 bridgehead atoms. The average molecular weight is 438 g/mol. The maximum atomic E-state index is 13.0. The van der Waals surface area contributed by atoms with Crippen LogP contribution in [-0.2, 0) is 17.9 Å². The van der Waals surface area contributed by atoms with Crippen LogP contribution in [0.4, 0.5) is 5.69 Å². The van der Waals surface area contributed by atoms with E-state index in [4.69, 9.17) is 4.74 Å². The predicted molar refractivity (Wildman–Crippen MR) is 117 cm³/mol. The lowest BCUT2D eigenvalue weighted by Gasteiger charge is -2.43. The molecule has 0 radical (unpaired) electrons. The van der Waals surface area contributed by atoms with Crippen molar-refractivity contribution < 1.29 is 20.0 Å². The number of pyridine rings is 1. The van der Waals surface area contributed by atoms with E-state index in [0.29, 0.717) is 32.6 Å². The maximum Gasteiger partial charge on any atom is 0.315 e. The van der Waals surface area contributed by atoms with Crippen molar-refractivity contribution >= 4 is 22.5 Å². The fourth-order valence-electron chi connectivity index (χ4n) is 5.25. The second kappa shape index (κ2) is 8.09. The minimum atomic E-state index is -1.20. The number of carbonyl (C=O) groups excluding carboxylic acids is 1. The van der Waals surface area contributed by atoms with Crippen LogP contribution in [-0.4, -0.2) is 45.3 Å². The van der Waals surface area contributed by atoms with E-state index in [1.807, 2.05) is 35.4 Å². The maximum absolute atomic E-state index is 13.0. The van der Waals surface area contributed by atoms with Gasteiger partial charge in [0.1, 0.15) is 5.75 Å². The summed E-state index contributed by atoms with van der Waals surface area (Å²) in [5, 5.41) is 20.4. The summed E-state index contributed by atoms with van der Waals surface area (Å²) in [7, 11) is 1.65. The SMILES string of the molecule is COc1cccc2c1ccn2CCC(=O)N1CC2CC(C1)c1ccc([NH+]([O-])O)c(=O)n1C2. The third kappa shape index (κ3) is 3.48. The number of nitrogens with zero attached hydrogens (tertiary/aromatic N) is 3. The standard InChI is InChI=1S/C23H26N4O5/c1-32-21-4-2-3-19-17(21)7-9-24(19)10-8-22(28)25-12-15-11-16(14-25)18-5-6-20(27(30)31)23(29)26(18)13-15/h2-7,9,15-16,27,30H,8,10-14H2,1H3. The minimum Gasteiger partial charge on any atom is -0.595 e. The third-order valence-electron chi connectivity index (χ3n) is 6.75. The monoisotopic (exact) mass is 438 g/mol. The molecule has 1 amide bonds. The van der Waals surface area contributed by atoms with Crippen LogP contribution in [0, 0.1) is 11.1 Å². The van der Waals surface area contributed by atoms with Crippen molar-refractivity contribution in [2.45, 2.75) is 31.8 Å². The summed E-state index contributed by atoms with van der Waals surface area (Å²) in [4.78, 5) is 27.5. The van der Waals surface area contributed by atoms with Crippen LogP contribution in [0.5, 0.6) is 5.75 Å². The van der Waals surface area contributed by atoms with Gasteiger partial charge in [-0.3, -0.25) is 9.59 Å². The van der Waals surface area contributed by atoms with Crippen molar-refractivity contribution in [1.29, 1.82) is 0 Å². The number of aromatic nitrogens is 2. The number of nitrogens with one attached hydrogen (secondary N) is 1. The van der Waals surface area contributed by atoms with Crippen LogP contribution in [0.1, 0.15) is 24.5 Å². The van der Waals surface area contributed by atoms with Crippen molar-refractivity contribution in [1.82, 2.24) is 14.0 Å². The molecule has 1 aromatic carbocycles. The first-order valence-corrected chi connectivity index (χ1v) is 10.8. The van der Waals surface area contributed by atoms with Gasteiger partial charge in [0.15, 0.2) is 0 Å². The van der Waals surface area contributed by atoms with Gasteiger partial charge in [-0.2, -0.15) is 5.23 Å². The molecule has 2 N–H and O–H groups in total. The van der Waals surface area contributed by atoms with E-state index >= 15 is 0 Å². The topological polar surface area (TPSA) is 104 Å². The molecule has 3 aromatic rings. The van der Waals surface area contributed by atoms with Crippen molar-refractivity contribution in [3.8, 4) is 5.75 Å². The summed E-state index contributed by atoms with van der Waals surface area (Å²) < 4.78 is 9.09. The molecule has 0 saturated carbocycles. The van der Waals surface area contributed by atoms with Crippen LogP contribution in [0.3, 0.4) is 0 Å². The van der Waals surface area contributed by atoms with E-state index in [1.54, 1.807) is 17.7 Å². The number of methoxy groups -OCH3 is 1. The van der Waals surface area contributed by atoms with Crippen molar-refractivity contribution in [3.05, 3.63) is 63.9 Å². The zero-order chi connectivity index (χ0) is 22.4. The van der Waals surface area contributed by atoms with E-state index in [0.717, 1.165) is 28.8 Å². The Morgan fingerprint density at radius 1 is 1.22 bits per heavy atom. The first-order valence-electron chi connectivity index (χ1n) is 10.8. The summed E-state index contributed by atoms with van der Waals surface area (Å²) >= 11 is 0. The molecule has 0 spiro atoms. The highest BCUT2D eigenvalue weighted by atomic mass is 16.8. The Hall–Kier alpha value is -3.14. The number of carbonyl (C=O) groups is 1. The fraction of sp³-hybridized carbons (Fsp3) is 0.391. The van der Waals surface area contributed by atoms with E-state index < -0.39 is 10.8 Å². The molecule has 3 unspecified atom stereocenters. The molecule has 9 nitrogen and oxygen atoms in total. The molecular weight excluding hydrogens is 412 g/mol. The van der Waals surface area contributed by atoms with Gasteiger partial charge >= 0.3 is 5.56 Å².